The number of nitrogens with zero attached hydrogens (tertiary/aromatic N) is 2. The molecule has 0 amide bonds. The number of benzene rings is 1. The average Bonchev–Trinajstić information content (AvgIpc) is 2.68. The number of aromatic amines is 1. The van der Waals surface area contributed by atoms with Gasteiger partial charge in [0.15, 0.2) is 0 Å². The van der Waals surface area contributed by atoms with Gasteiger partial charge in [0, 0.05) is 18.8 Å². The zero-order valence-electron chi connectivity index (χ0n) is 13.0. The van der Waals surface area contributed by atoms with Crippen LogP contribution in [-0.4, -0.2) is 28.0 Å². The van der Waals surface area contributed by atoms with Gasteiger partial charge in [-0.1, -0.05) is 27.7 Å². The Balaban J connectivity index is 2.14. The van der Waals surface area contributed by atoms with Crippen molar-refractivity contribution in [1.29, 1.82) is 0 Å². The number of nitrogens with one attached hydrogen (secondary N) is 1. The highest BCUT2D eigenvalue weighted by Gasteiger charge is 2.12. The van der Waals surface area contributed by atoms with Crippen molar-refractivity contribution in [3.05, 3.63) is 24.0 Å². The van der Waals surface area contributed by atoms with E-state index in [1.165, 1.54) is 0 Å². The largest absolute Gasteiger partial charge is 0.399 e. The second-order valence-corrected chi connectivity index (χ2v) is 6.44. The van der Waals surface area contributed by atoms with Crippen molar-refractivity contribution in [2.45, 2.75) is 34.2 Å². The summed E-state index contributed by atoms with van der Waals surface area (Å²) in [5.74, 6) is 2.34. The third-order valence-corrected chi connectivity index (χ3v) is 3.18. The first-order valence-electron chi connectivity index (χ1n) is 7.40. The third kappa shape index (κ3) is 3.97. The Kier molecular flexibility index (Phi) is 4.65. The van der Waals surface area contributed by atoms with E-state index in [0.717, 1.165) is 42.2 Å². The lowest BCUT2D eigenvalue weighted by Gasteiger charge is -2.25. The molecule has 20 heavy (non-hydrogen) atoms. The molecule has 4 nitrogen and oxygen atoms in total. The van der Waals surface area contributed by atoms with Gasteiger partial charge in [0.25, 0.3) is 0 Å². The number of hydrogen-bond acceptors (Lipinski definition) is 3. The summed E-state index contributed by atoms with van der Waals surface area (Å²) in [6, 6.07) is 5.81. The number of H-pyrrole nitrogens is 1. The van der Waals surface area contributed by atoms with E-state index in [9.17, 15) is 0 Å². The molecule has 0 aliphatic rings. The lowest BCUT2D eigenvalue weighted by Crippen LogP contribution is -2.31. The van der Waals surface area contributed by atoms with Gasteiger partial charge < -0.3 is 10.7 Å². The minimum absolute atomic E-state index is 0.661. The van der Waals surface area contributed by atoms with Crippen molar-refractivity contribution < 1.29 is 0 Å². The summed E-state index contributed by atoms with van der Waals surface area (Å²) in [6.45, 7) is 12.1. The number of nitrogens with two attached hydrogens (primary N) is 1. The monoisotopic (exact) mass is 274 g/mol. The van der Waals surface area contributed by atoms with Crippen LogP contribution >= 0.6 is 0 Å². The van der Waals surface area contributed by atoms with E-state index in [0.29, 0.717) is 11.8 Å². The predicted octanol–water partition coefficient (Wildman–Crippen LogP) is 3.26. The van der Waals surface area contributed by atoms with Crippen molar-refractivity contribution in [3.63, 3.8) is 0 Å². The molecule has 0 spiro atoms. The van der Waals surface area contributed by atoms with Crippen LogP contribution in [0.4, 0.5) is 5.69 Å². The van der Waals surface area contributed by atoms with Crippen LogP contribution in [0.25, 0.3) is 11.0 Å². The highest BCUT2D eigenvalue weighted by molar-refractivity contribution is 5.78. The van der Waals surface area contributed by atoms with Gasteiger partial charge in [-0.15, -0.1) is 0 Å². The summed E-state index contributed by atoms with van der Waals surface area (Å²) < 4.78 is 0. The molecule has 0 aliphatic carbocycles. The minimum atomic E-state index is 0.661. The molecule has 1 aromatic heterocycles. The Hall–Kier alpha value is -1.55. The quantitative estimate of drug-likeness (QED) is 0.795. The number of nitrogen functional groups attached to an aromatic ring is 1. The number of hydrogen-bond donors (Lipinski definition) is 2. The second kappa shape index (κ2) is 6.27. The fourth-order valence-corrected chi connectivity index (χ4v) is 2.60. The molecule has 0 bridgehead atoms. The smallest absolute Gasteiger partial charge is 0.121 e. The maximum Gasteiger partial charge on any atom is 0.121 e. The fraction of sp³-hybridized carbons (Fsp3) is 0.562. The summed E-state index contributed by atoms with van der Waals surface area (Å²) in [6.07, 6.45) is 0. The van der Waals surface area contributed by atoms with Crippen LogP contribution in [0.15, 0.2) is 18.2 Å². The molecule has 0 saturated carbocycles. The van der Waals surface area contributed by atoms with E-state index in [1.54, 1.807) is 0 Å². The highest BCUT2D eigenvalue weighted by atomic mass is 15.1. The molecule has 0 radical (unpaired) electrons. The molecular weight excluding hydrogens is 248 g/mol. The van der Waals surface area contributed by atoms with Crippen LogP contribution < -0.4 is 5.73 Å². The summed E-state index contributed by atoms with van der Waals surface area (Å²) in [5.41, 5.74) is 8.59. The van der Waals surface area contributed by atoms with Crippen LogP contribution in [0.3, 0.4) is 0 Å². The second-order valence-electron chi connectivity index (χ2n) is 6.44. The van der Waals surface area contributed by atoms with Crippen LogP contribution in [0, 0.1) is 11.8 Å². The summed E-state index contributed by atoms with van der Waals surface area (Å²) in [4.78, 5) is 10.5. The zero-order chi connectivity index (χ0) is 14.7. The molecule has 3 N–H and O–H groups in total. The molecule has 0 unspecified atom stereocenters. The highest BCUT2D eigenvalue weighted by Crippen LogP contribution is 2.16. The molecule has 4 heteroatoms. The molecule has 2 aromatic rings. The number of rotatable bonds is 6. The first kappa shape index (κ1) is 14.9. The first-order chi connectivity index (χ1) is 9.44. The standard InChI is InChI=1S/C16H26N4/c1-11(2)8-20(9-12(3)4)10-16-18-14-6-5-13(17)7-15(14)19-16/h5-7,11-12H,8-10,17H2,1-4H3,(H,18,19). The molecule has 0 fully saturated rings. The third-order valence-electron chi connectivity index (χ3n) is 3.18. The van der Waals surface area contributed by atoms with E-state index in [-0.39, 0.29) is 0 Å². The Labute approximate surface area is 121 Å². The number of imidazole rings is 1. The molecule has 0 atom stereocenters. The van der Waals surface area contributed by atoms with Gasteiger partial charge in [0.05, 0.1) is 17.6 Å². The van der Waals surface area contributed by atoms with Crippen LogP contribution in [0.5, 0.6) is 0 Å². The van der Waals surface area contributed by atoms with E-state index in [4.69, 9.17) is 5.73 Å². The Morgan fingerprint density at radius 2 is 1.80 bits per heavy atom. The van der Waals surface area contributed by atoms with E-state index < -0.39 is 0 Å². The molecular formula is C16H26N4. The predicted molar refractivity (Wildman–Crippen MR) is 85.5 cm³/mol. The number of aromatic nitrogens is 2. The lowest BCUT2D eigenvalue weighted by atomic mass is 10.1. The van der Waals surface area contributed by atoms with Gasteiger partial charge >= 0.3 is 0 Å². The molecule has 1 aromatic carbocycles. The van der Waals surface area contributed by atoms with Crippen molar-refractivity contribution in [1.82, 2.24) is 14.9 Å². The molecule has 0 aliphatic heterocycles. The Morgan fingerprint density at radius 1 is 1.15 bits per heavy atom. The molecule has 110 valence electrons. The normalized spacial score (nSPS) is 12.2. The minimum Gasteiger partial charge on any atom is -0.399 e. The van der Waals surface area contributed by atoms with Crippen molar-refractivity contribution in [3.8, 4) is 0 Å². The lowest BCUT2D eigenvalue weighted by molar-refractivity contribution is 0.207. The number of fused-ring (bicyclic) bond motifs is 1. The van der Waals surface area contributed by atoms with Gasteiger partial charge in [-0.2, -0.15) is 0 Å². The van der Waals surface area contributed by atoms with Crippen molar-refractivity contribution in [2.24, 2.45) is 11.8 Å². The van der Waals surface area contributed by atoms with E-state index in [2.05, 4.69) is 42.6 Å². The maximum absolute atomic E-state index is 5.81. The Morgan fingerprint density at radius 3 is 2.40 bits per heavy atom. The van der Waals surface area contributed by atoms with E-state index in [1.807, 2.05) is 18.2 Å². The maximum atomic E-state index is 5.81. The molecule has 1 heterocycles. The molecule has 2 rings (SSSR count). The van der Waals surface area contributed by atoms with Gasteiger partial charge in [0.2, 0.25) is 0 Å². The van der Waals surface area contributed by atoms with Crippen molar-refractivity contribution >= 4 is 16.7 Å². The summed E-state index contributed by atoms with van der Waals surface area (Å²) in [7, 11) is 0. The van der Waals surface area contributed by atoms with Gasteiger partial charge in [-0.25, -0.2) is 4.98 Å². The molecule has 0 saturated heterocycles. The average molecular weight is 274 g/mol. The SMILES string of the molecule is CC(C)CN(Cc1nc2ccc(N)cc2[nH]1)CC(C)C. The van der Waals surface area contributed by atoms with Gasteiger partial charge in [-0.3, -0.25) is 4.90 Å². The number of anilines is 1. The topological polar surface area (TPSA) is 57.9 Å². The Bertz CT molecular complexity index is 547. The van der Waals surface area contributed by atoms with E-state index >= 15 is 0 Å². The van der Waals surface area contributed by atoms with Gasteiger partial charge in [0.1, 0.15) is 5.82 Å². The summed E-state index contributed by atoms with van der Waals surface area (Å²) >= 11 is 0. The van der Waals surface area contributed by atoms with Gasteiger partial charge in [-0.05, 0) is 30.0 Å². The van der Waals surface area contributed by atoms with Crippen LogP contribution in [0.1, 0.15) is 33.5 Å². The van der Waals surface area contributed by atoms with Crippen LogP contribution in [0.2, 0.25) is 0 Å². The zero-order valence-corrected chi connectivity index (χ0v) is 13.0. The summed E-state index contributed by atoms with van der Waals surface area (Å²) in [5, 5.41) is 0. The van der Waals surface area contributed by atoms with Crippen molar-refractivity contribution in [2.75, 3.05) is 18.8 Å². The van der Waals surface area contributed by atoms with Crippen LogP contribution in [-0.2, 0) is 6.54 Å². The fourth-order valence-electron chi connectivity index (χ4n) is 2.60. The first-order valence-corrected chi connectivity index (χ1v) is 7.40.